The van der Waals surface area contributed by atoms with Gasteiger partial charge in [-0.3, -0.25) is 4.68 Å². The molecule has 1 heterocycles. The van der Waals surface area contributed by atoms with Crippen molar-refractivity contribution < 1.29 is 26.0 Å². The summed E-state index contributed by atoms with van der Waals surface area (Å²) >= 11 is 0. The molecule has 1 saturated carbocycles. The summed E-state index contributed by atoms with van der Waals surface area (Å²) in [5, 5.41) is 8.67. The van der Waals surface area contributed by atoms with Gasteiger partial charge in [0.2, 0.25) is 10.0 Å². The highest BCUT2D eigenvalue weighted by molar-refractivity contribution is 7.89. The monoisotopic (exact) mass is 377 g/mol. The second kappa shape index (κ2) is 6.41. The first-order valence-corrected chi connectivity index (χ1v) is 9.13. The van der Waals surface area contributed by atoms with Gasteiger partial charge in [-0.2, -0.15) is 5.10 Å². The van der Waals surface area contributed by atoms with E-state index in [1.807, 2.05) is 0 Å². The molecule has 0 spiro atoms. The average Bonchev–Trinajstić information content (AvgIpc) is 3.14. The van der Waals surface area contributed by atoms with Crippen molar-refractivity contribution >= 4 is 10.0 Å². The number of nitrogens with zero attached hydrogens (tertiary/aromatic N) is 2. The van der Waals surface area contributed by atoms with Crippen LogP contribution in [0.2, 0.25) is 0 Å². The molecule has 0 atom stereocenters. The summed E-state index contributed by atoms with van der Waals surface area (Å²) in [7, 11) is -4.59. The number of primary sulfonamides is 1. The lowest BCUT2D eigenvalue weighted by Gasteiger charge is -2.15. The van der Waals surface area contributed by atoms with Gasteiger partial charge in [0.15, 0.2) is 4.90 Å². The molecule has 3 rings (SSSR count). The Morgan fingerprint density at radius 2 is 1.68 bits per heavy atom. The Kier molecular flexibility index (Phi) is 4.58. The highest BCUT2D eigenvalue weighted by Gasteiger charge is 2.27. The molecule has 10 heteroatoms. The lowest BCUT2D eigenvalue weighted by molar-refractivity contribution is 0.144. The van der Waals surface area contributed by atoms with E-state index in [1.54, 1.807) is 0 Å². The van der Waals surface area contributed by atoms with E-state index >= 15 is 0 Å². The van der Waals surface area contributed by atoms with Crippen molar-refractivity contribution in [3.63, 3.8) is 0 Å². The highest BCUT2D eigenvalue weighted by atomic mass is 32.2. The molecule has 0 amide bonds. The van der Waals surface area contributed by atoms with Crippen molar-refractivity contribution in [3.05, 3.63) is 35.5 Å². The Hall–Kier alpha value is -1.94. The predicted octanol–water partition coefficient (Wildman–Crippen LogP) is 3.53. The number of hydrogen-bond donors (Lipinski definition) is 1. The lowest BCUT2D eigenvalue weighted by Crippen LogP contribution is -2.16. The minimum atomic E-state index is -4.59. The molecular weight excluding hydrogens is 362 g/mol. The average molecular weight is 377 g/mol. The van der Waals surface area contributed by atoms with E-state index in [4.69, 9.17) is 5.14 Å². The summed E-state index contributed by atoms with van der Waals surface area (Å²) in [6, 6.07) is 2.45. The fourth-order valence-electron chi connectivity index (χ4n) is 3.14. The summed E-state index contributed by atoms with van der Waals surface area (Å²) in [4.78, 5) is -1.25. The van der Waals surface area contributed by atoms with Gasteiger partial charge in [0, 0.05) is 5.56 Å². The molecule has 1 fully saturated rings. The van der Waals surface area contributed by atoms with Gasteiger partial charge in [-0.15, -0.1) is 0 Å². The van der Waals surface area contributed by atoms with E-state index in [-0.39, 0.29) is 17.3 Å². The molecule has 0 radical (unpaired) electrons. The zero-order valence-electron chi connectivity index (χ0n) is 12.9. The summed E-state index contributed by atoms with van der Waals surface area (Å²) in [6.45, 7) is 0. The number of halogens is 4. The fourth-order valence-corrected chi connectivity index (χ4v) is 3.80. The van der Waals surface area contributed by atoms with Crippen molar-refractivity contribution in [2.75, 3.05) is 0 Å². The molecule has 0 unspecified atom stereocenters. The van der Waals surface area contributed by atoms with Crippen LogP contribution in [0.25, 0.3) is 11.3 Å². The van der Waals surface area contributed by atoms with Gasteiger partial charge in [0.05, 0.1) is 11.7 Å². The number of nitrogens with two attached hydrogens (primary N) is 1. The topological polar surface area (TPSA) is 78.0 Å². The van der Waals surface area contributed by atoms with Crippen molar-refractivity contribution in [1.82, 2.24) is 9.78 Å². The number of benzene rings is 1. The molecule has 2 aromatic rings. The quantitative estimate of drug-likeness (QED) is 0.828. The van der Waals surface area contributed by atoms with Crippen LogP contribution < -0.4 is 5.14 Å². The molecule has 0 saturated heterocycles. The first-order chi connectivity index (χ1) is 11.7. The number of sulfonamides is 1. The van der Waals surface area contributed by atoms with E-state index in [2.05, 4.69) is 5.10 Å². The van der Waals surface area contributed by atoms with Crippen LogP contribution in [0, 0.1) is 11.6 Å². The van der Waals surface area contributed by atoms with E-state index in [1.165, 1.54) is 4.68 Å². The molecule has 2 N–H and O–H groups in total. The van der Waals surface area contributed by atoms with Crippen LogP contribution in [0.4, 0.5) is 17.6 Å². The van der Waals surface area contributed by atoms with Crippen LogP contribution >= 0.6 is 0 Å². The standard InChI is InChI=1S/C15H15F4N3O2S/c16-10-5-8(6-11(17)14(10)25(20,23)24)13-7-12(15(18)19)21-22(13)9-3-1-2-4-9/h5-7,9,15H,1-4H2,(H2,20,23,24). The third-order valence-electron chi connectivity index (χ3n) is 4.23. The van der Waals surface area contributed by atoms with Gasteiger partial charge in [-0.1, -0.05) is 12.8 Å². The van der Waals surface area contributed by atoms with Gasteiger partial charge in [0.1, 0.15) is 17.3 Å². The molecule has 136 valence electrons. The second-order valence-electron chi connectivity index (χ2n) is 5.95. The van der Waals surface area contributed by atoms with Gasteiger partial charge in [-0.25, -0.2) is 31.1 Å². The minimum Gasteiger partial charge on any atom is -0.261 e. The minimum absolute atomic E-state index is 0.0753. The summed E-state index contributed by atoms with van der Waals surface area (Å²) in [6.07, 6.45) is 0.414. The zero-order chi connectivity index (χ0) is 18.4. The van der Waals surface area contributed by atoms with Crippen molar-refractivity contribution in [2.45, 2.75) is 43.0 Å². The van der Waals surface area contributed by atoms with E-state index in [9.17, 15) is 26.0 Å². The molecule has 1 aromatic carbocycles. The van der Waals surface area contributed by atoms with Crippen LogP contribution in [0.15, 0.2) is 23.1 Å². The first-order valence-electron chi connectivity index (χ1n) is 7.58. The Morgan fingerprint density at radius 3 is 2.16 bits per heavy atom. The van der Waals surface area contributed by atoms with E-state index < -0.39 is 38.7 Å². The molecular formula is C15H15F4N3O2S. The molecule has 1 aliphatic carbocycles. The molecule has 25 heavy (non-hydrogen) atoms. The van der Waals surface area contributed by atoms with Crippen molar-refractivity contribution in [2.24, 2.45) is 5.14 Å². The number of alkyl halides is 2. The Balaban J connectivity index is 2.16. The summed E-state index contributed by atoms with van der Waals surface area (Å²) < 4.78 is 78.1. The Bertz CT molecular complexity index is 882. The molecule has 5 nitrogen and oxygen atoms in total. The Morgan fingerprint density at radius 1 is 1.12 bits per heavy atom. The van der Waals surface area contributed by atoms with Crippen LogP contribution in [-0.4, -0.2) is 18.2 Å². The lowest BCUT2D eigenvalue weighted by atomic mass is 10.1. The first kappa shape index (κ1) is 17.9. The summed E-state index contributed by atoms with van der Waals surface area (Å²) in [5.41, 5.74) is -0.465. The van der Waals surface area contributed by atoms with Gasteiger partial charge in [0.25, 0.3) is 6.43 Å². The second-order valence-corrected chi connectivity index (χ2v) is 7.45. The highest BCUT2D eigenvalue weighted by Crippen LogP contribution is 2.36. The molecule has 0 aliphatic heterocycles. The van der Waals surface area contributed by atoms with E-state index in [0.29, 0.717) is 0 Å². The fraction of sp³-hybridized carbons (Fsp3) is 0.400. The number of aromatic nitrogens is 2. The smallest absolute Gasteiger partial charge is 0.261 e. The van der Waals surface area contributed by atoms with Crippen LogP contribution in [0.1, 0.15) is 43.8 Å². The number of hydrogen-bond acceptors (Lipinski definition) is 3. The van der Waals surface area contributed by atoms with Crippen LogP contribution in [0.5, 0.6) is 0 Å². The molecule has 1 aliphatic rings. The largest absolute Gasteiger partial charge is 0.282 e. The van der Waals surface area contributed by atoms with E-state index in [0.717, 1.165) is 43.9 Å². The maximum atomic E-state index is 14.1. The number of rotatable bonds is 4. The molecule has 1 aromatic heterocycles. The van der Waals surface area contributed by atoms with Gasteiger partial charge < -0.3 is 0 Å². The normalized spacial score (nSPS) is 16.1. The van der Waals surface area contributed by atoms with Crippen LogP contribution in [-0.2, 0) is 10.0 Å². The Labute approximate surface area is 141 Å². The predicted molar refractivity (Wildman–Crippen MR) is 81.4 cm³/mol. The third-order valence-corrected chi connectivity index (χ3v) is 5.19. The maximum absolute atomic E-state index is 14.1. The maximum Gasteiger partial charge on any atom is 0.282 e. The SMILES string of the molecule is NS(=O)(=O)c1c(F)cc(-c2cc(C(F)F)nn2C2CCCC2)cc1F. The van der Waals surface area contributed by atoms with Gasteiger partial charge in [-0.05, 0) is 31.0 Å². The molecule has 0 bridgehead atoms. The third kappa shape index (κ3) is 3.40. The summed E-state index contributed by atoms with van der Waals surface area (Å²) in [5.74, 6) is -2.76. The van der Waals surface area contributed by atoms with Crippen molar-refractivity contribution in [1.29, 1.82) is 0 Å². The van der Waals surface area contributed by atoms with Crippen molar-refractivity contribution in [3.8, 4) is 11.3 Å². The zero-order valence-corrected chi connectivity index (χ0v) is 13.7. The van der Waals surface area contributed by atoms with Gasteiger partial charge >= 0.3 is 0 Å². The van der Waals surface area contributed by atoms with Crippen LogP contribution in [0.3, 0.4) is 0 Å².